The lowest BCUT2D eigenvalue weighted by molar-refractivity contribution is -0.338. The van der Waals surface area contributed by atoms with Crippen molar-refractivity contribution < 1.29 is 83.8 Å². The summed E-state index contributed by atoms with van der Waals surface area (Å²) in [5.74, 6) is -0.482. The first kappa shape index (κ1) is 62.2. The van der Waals surface area contributed by atoms with Crippen LogP contribution in [0.15, 0.2) is 0 Å². The zero-order chi connectivity index (χ0) is 49.6. The molecule has 2 rings (SSSR count). The van der Waals surface area contributed by atoms with Crippen LogP contribution in [0.5, 0.6) is 0 Å². The fraction of sp³-hybridized carbons (Fsp3) is 0.979. The van der Waals surface area contributed by atoms with Crippen molar-refractivity contribution in [1.29, 1.82) is 0 Å². The lowest BCUT2D eigenvalue weighted by atomic mass is 9.84. The molecule has 1 amide bonds. The number of aliphatic hydroxyl groups is 10. The van der Waals surface area contributed by atoms with Gasteiger partial charge in [0.05, 0.1) is 25.4 Å². The molecule has 15 atom stereocenters. The van der Waals surface area contributed by atoms with Gasteiger partial charge in [-0.1, -0.05) is 181 Å². The topological polar surface area (TPSA) is 306 Å². The average molecular weight is 988 g/mol. The fourth-order valence-corrected chi connectivity index (χ4v) is 9.91. The Labute approximate surface area is 400 Å². The molecule has 1 saturated carbocycles. The van der Waals surface area contributed by atoms with E-state index in [0.717, 1.165) is 51.4 Å². The Bertz CT molecular complexity index is 1290. The van der Waals surface area contributed by atoms with Crippen LogP contribution in [-0.2, 0) is 27.9 Å². The highest BCUT2D eigenvalue weighted by molar-refractivity contribution is 7.47. The van der Waals surface area contributed by atoms with Crippen LogP contribution in [0.3, 0.4) is 0 Å². The van der Waals surface area contributed by atoms with Crippen LogP contribution in [0, 0.1) is 0 Å². The maximum Gasteiger partial charge on any atom is 0.472 e. The zero-order valence-electron chi connectivity index (χ0n) is 40.8. The standard InChI is InChI=1S/C48H94NO17P/c1-3-5-7-9-11-13-15-17-19-20-22-24-26-28-30-35(51)38(53)34(49-37(52)31-29-27-25-23-21-18-16-14-12-10-8-6-4-2)33-63-67(61,62)66-47-44(59)42(57)41(56)43(58)46(47)65-48-45(60)40(55)39(54)36(32-50)64-48/h34-36,38-48,50-51,53-60H,3-33H2,1-2H3,(H,49,52)(H,61,62)/t34-,35+,36+,38-,39+,40?,41?,42?,43+,44?,45?,46?,47-,48+/m0/s1. The normalized spacial score (nSPS) is 29.1. The Morgan fingerprint density at radius 1 is 0.567 bits per heavy atom. The van der Waals surface area contributed by atoms with E-state index in [1.165, 1.54) is 109 Å². The predicted octanol–water partition coefficient (Wildman–Crippen LogP) is 4.69. The first-order valence-electron chi connectivity index (χ1n) is 26.1. The van der Waals surface area contributed by atoms with E-state index in [-0.39, 0.29) is 12.8 Å². The predicted molar refractivity (Wildman–Crippen MR) is 253 cm³/mol. The van der Waals surface area contributed by atoms with Gasteiger partial charge in [0.25, 0.3) is 0 Å². The van der Waals surface area contributed by atoms with Crippen molar-refractivity contribution in [3.63, 3.8) is 0 Å². The molecule has 2 fully saturated rings. The Morgan fingerprint density at radius 3 is 1.42 bits per heavy atom. The van der Waals surface area contributed by atoms with Gasteiger partial charge in [0, 0.05) is 6.42 Å². The van der Waals surface area contributed by atoms with E-state index in [9.17, 15) is 65.3 Å². The molecule has 1 heterocycles. The van der Waals surface area contributed by atoms with Gasteiger partial charge in [-0.2, -0.15) is 0 Å². The molecule has 67 heavy (non-hydrogen) atoms. The molecule has 19 heteroatoms. The number of carbonyl (C=O) groups excluding carboxylic acids is 1. The van der Waals surface area contributed by atoms with E-state index < -0.39 is 113 Å². The molecule has 0 aromatic heterocycles. The van der Waals surface area contributed by atoms with Gasteiger partial charge in [-0.15, -0.1) is 0 Å². The summed E-state index contributed by atoms with van der Waals surface area (Å²) in [5.41, 5.74) is 0. The maximum atomic E-state index is 13.5. The minimum atomic E-state index is -5.41. The highest BCUT2D eigenvalue weighted by Crippen LogP contribution is 2.48. The monoisotopic (exact) mass is 988 g/mol. The number of hydrogen-bond acceptors (Lipinski definition) is 16. The van der Waals surface area contributed by atoms with Gasteiger partial charge in [-0.05, 0) is 12.8 Å². The van der Waals surface area contributed by atoms with Crippen LogP contribution in [0.25, 0.3) is 0 Å². The van der Waals surface area contributed by atoms with Crippen molar-refractivity contribution in [2.45, 2.75) is 286 Å². The molecule has 1 aliphatic heterocycles. The van der Waals surface area contributed by atoms with Gasteiger partial charge in [0.1, 0.15) is 67.1 Å². The maximum absolute atomic E-state index is 13.5. The molecule has 398 valence electrons. The lowest BCUT2D eigenvalue weighted by Crippen LogP contribution is -2.67. The third-order valence-electron chi connectivity index (χ3n) is 13.4. The van der Waals surface area contributed by atoms with Gasteiger partial charge in [0.15, 0.2) is 6.29 Å². The number of unbranched alkanes of at least 4 members (excludes halogenated alkanes) is 25. The van der Waals surface area contributed by atoms with Gasteiger partial charge >= 0.3 is 7.82 Å². The number of phosphoric acid groups is 1. The zero-order valence-corrected chi connectivity index (χ0v) is 41.7. The molecule has 12 N–H and O–H groups in total. The number of carbonyl (C=O) groups is 1. The molecule has 1 aliphatic carbocycles. The smallest absolute Gasteiger partial charge is 0.394 e. The highest BCUT2D eigenvalue weighted by atomic mass is 31.2. The number of hydrogen-bond donors (Lipinski definition) is 12. The van der Waals surface area contributed by atoms with Crippen LogP contribution in [0.2, 0.25) is 0 Å². The van der Waals surface area contributed by atoms with E-state index >= 15 is 0 Å². The van der Waals surface area contributed by atoms with Crippen LogP contribution >= 0.6 is 7.82 Å². The molecule has 0 radical (unpaired) electrons. The summed E-state index contributed by atoms with van der Waals surface area (Å²) in [7, 11) is -5.41. The largest absolute Gasteiger partial charge is 0.472 e. The summed E-state index contributed by atoms with van der Waals surface area (Å²) in [4.78, 5) is 24.1. The van der Waals surface area contributed by atoms with E-state index in [2.05, 4.69) is 19.2 Å². The van der Waals surface area contributed by atoms with Crippen LogP contribution in [0.4, 0.5) is 0 Å². The van der Waals surface area contributed by atoms with Crippen molar-refractivity contribution in [1.82, 2.24) is 5.32 Å². The number of rotatable bonds is 40. The molecule has 0 bridgehead atoms. The first-order valence-corrected chi connectivity index (χ1v) is 27.6. The van der Waals surface area contributed by atoms with Crippen molar-refractivity contribution in [3.8, 4) is 0 Å². The van der Waals surface area contributed by atoms with Gasteiger partial charge in [0.2, 0.25) is 5.91 Å². The SMILES string of the molecule is CCCCCCCCCCCCCCCC[C@@H](O)[C@@H](O)[C@H](COP(=O)(O)O[C@H]1C(O)C(O)C(O)[C@@H](O)C1O[C@H]1O[C@H](CO)[C@@H](O)C(O)C1O)NC(=O)CCCCCCCCCCCCCCC. The molecule has 0 aromatic rings. The molecule has 18 nitrogen and oxygen atoms in total. The van der Waals surface area contributed by atoms with Crippen molar-refractivity contribution in [2.75, 3.05) is 13.2 Å². The molecular formula is C48H94NO17P. The summed E-state index contributed by atoms with van der Waals surface area (Å²) >= 11 is 0. The molecule has 0 spiro atoms. The number of phosphoric ester groups is 1. The summed E-state index contributed by atoms with van der Waals surface area (Å²) < 4.78 is 34.7. The third-order valence-corrected chi connectivity index (χ3v) is 14.4. The Hall–Kier alpha value is -0.900. The van der Waals surface area contributed by atoms with Gasteiger partial charge in [-0.3, -0.25) is 13.8 Å². The van der Waals surface area contributed by atoms with Crippen molar-refractivity contribution in [3.05, 3.63) is 0 Å². The Kier molecular flexibility index (Phi) is 33.5. The van der Waals surface area contributed by atoms with Gasteiger partial charge < -0.3 is 70.7 Å². The van der Waals surface area contributed by atoms with Crippen molar-refractivity contribution >= 4 is 13.7 Å². The average Bonchev–Trinajstić information content (AvgIpc) is 3.31. The van der Waals surface area contributed by atoms with Crippen LogP contribution < -0.4 is 5.32 Å². The highest BCUT2D eigenvalue weighted by Gasteiger charge is 2.55. The molecule has 2 aliphatic rings. The minimum absolute atomic E-state index is 0.0899. The number of nitrogens with one attached hydrogen (secondary N) is 1. The summed E-state index contributed by atoms with van der Waals surface area (Å²) in [6.07, 6.45) is 5.79. The minimum Gasteiger partial charge on any atom is -0.394 e. The number of amides is 1. The van der Waals surface area contributed by atoms with Crippen molar-refractivity contribution in [2.24, 2.45) is 0 Å². The van der Waals surface area contributed by atoms with E-state index in [0.29, 0.717) is 12.8 Å². The Morgan fingerprint density at radius 2 is 0.970 bits per heavy atom. The summed E-state index contributed by atoms with van der Waals surface area (Å²) in [6.45, 7) is 2.71. The number of aliphatic hydroxyl groups excluding tert-OH is 10. The summed E-state index contributed by atoms with van der Waals surface area (Å²) in [6, 6.07) is -1.41. The van der Waals surface area contributed by atoms with E-state index in [1.807, 2.05) is 0 Å². The molecule has 0 aromatic carbocycles. The van der Waals surface area contributed by atoms with E-state index in [1.54, 1.807) is 0 Å². The molecule has 7 unspecified atom stereocenters. The molecular weight excluding hydrogens is 893 g/mol. The van der Waals surface area contributed by atoms with E-state index in [4.69, 9.17) is 18.5 Å². The second kappa shape index (κ2) is 36.1. The van der Waals surface area contributed by atoms with Crippen LogP contribution in [-0.4, -0.2) is 161 Å². The summed E-state index contributed by atoms with van der Waals surface area (Å²) in [5, 5.41) is 108. The Balaban J connectivity index is 2.00. The molecule has 1 saturated heterocycles. The number of ether oxygens (including phenoxy) is 2. The van der Waals surface area contributed by atoms with Gasteiger partial charge in [-0.25, -0.2) is 4.57 Å². The first-order chi connectivity index (χ1) is 32.1. The fourth-order valence-electron chi connectivity index (χ4n) is 8.95. The quantitative estimate of drug-likeness (QED) is 0.0293. The lowest BCUT2D eigenvalue weighted by Gasteiger charge is -2.47. The van der Waals surface area contributed by atoms with Crippen LogP contribution in [0.1, 0.15) is 200 Å². The second-order valence-corrected chi connectivity index (χ2v) is 20.6. The third kappa shape index (κ3) is 24.4. The second-order valence-electron chi connectivity index (χ2n) is 19.2.